The summed E-state index contributed by atoms with van der Waals surface area (Å²) in [4.78, 5) is 36.0. The molecule has 2 aromatic rings. The molecule has 0 fully saturated rings. The highest BCUT2D eigenvalue weighted by molar-refractivity contribution is 7.13. The number of rotatable bonds is 7. The zero-order valence-electron chi connectivity index (χ0n) is 13.7. The van der Waals surface area contributed by atoms with Gasteiger partial charge in [0.25, 0.3) is 11.7 Å². The summed E-state index contributed by atoms with van der Waals surface area (Å²) in [6.07, 6.45) is -4.46. The van der Waals surface area contributed by atoms with Gasteiger partial charge in [-0.25, -0.2) is 0 Å². The van der Waals surface area contributed by atoms with Crippen molar-refractivity contribution in [2.75, 3.05) is 6.61 Å². The lowest BCUT2D eigenvalue weighted by atomic mass is 10.1. The number of carbonyl (C=O) groups is 3. The minimum atomic E-state index is -4.46. The maximum Gasteiger partial charge on any atom is 0.416 e. The molecule has 0 bridgehead atoms. The Morgan fingerprint density at radius 1 is 1.11 bits per heavy atom. The summed E-state index contributed by atoms with van der Waals surface area (Å²) in [5, 5.41) is 15.4. The molecule has 0 spiro atoms. The minimum Gasteiger partial charge on any atom is -0.394 e. The molecule has 0 saturated heterocycles. The van der Waals surface area contributed by atoms with Crippen LogP contribution in [0.15, 0.2) is 41.8 Å². The first-order chi connectivity index (χ1) is 12.7. The molecule has 1 unspecified atom stereocenters. The molecule has 0 aliphatic carbocycles. The zero-order chi connectivity index (χ0) is 20.0. The normalized spacial score (nSPS) is 12.3. The van der Waals surface area contributed by atoms with Crippen molar-refractivity contribution >= 4 is 28.9 Å². The predicted octanol–water partition coefficient (Wildman–Crippen LogP) is 1.74. The minimum absolute atomic E-state index is 0.109. The average molecular weight is 400 g/mol. The van der Waals surface area contributed by atoms with E-state index >= 15 is 0 Å². The number of aliphatic hydroxyl groups is 1. The van der Waals surface area contributed by atoms with Gasteiger partial charge in [0.05, 0.1) is 17.0 Å². The molecular weight excluding hydrogens is 385 g/mol. The summed E-state index contributed by atoms with van der Waals surface area (Å²) in [6.45, 7) is -0.857. The smallest absolute Gasteiger partial charge is 0.394 e. The molecule has 0 radical (unpaired) electrons. The van der Waals surface area contributed by atoms with E-state index in [4.69, 9.17) is 0 Å². The highest BCUT2D eigenvalue weighted by Gasteiger charge is 2.30. The summed E-state index contributed by atoms with van der Waals surface area (Å²) >= 11 is 1.06. The van der Waals surface area contributed by atoms with Crippen molar-refractivity contribution < 1.29 is 32.7 Å². The fourth-order valence-electron chi connectivity index (χ4n) is 2.06. The van der Waals surface area contributed by atoms with Crippen LogP contribution in [0.2, 0.25) is 0 Å². The summed E-state index contributed by atoms with van der Waals surface area (Å²) in [6, 6.07) is 5.84. The number of alkyl halides is 3. The number of ketones is 1. The molecule has 144 valence electrons. The van der Waals surface area contributed by atoms with E-state index in [1.54, 1.807) is 11.4 Å². The number of nitrogens with one attached hydrogen (secondary N) is 2. The molecular formula is C17H15F3N2O4S. The van der Waals surface area contributed by atoms with E-state index in [-0.39, 0.29) is 11.4 Å². The number of carbonyl (C=O) groups excluding carboxylic acids is 3. The fourth-order valence-corrected chi connectivity index (χ4v) is 2.72. The van der Waals surface area contributed by atoms with Gasteiger partial charge in [0.15, 0.2) is 0 Å². The molecule has 2 amide bonds. The third kappa shape index (κ3) is 5.63. The largest absolute Gasteiger partial charge is 0.416 e. The van der Waals surface area contributed by atoms with E-state index < -0.39 is 42.0 Å². The van der Waals surface area contributed by atoms with E-state index in [0.717, 1.165) is 23.5 Å². The number of hydrogen-bond donors (Lipinski definition) is 3. The lowest BCUT2D eigenvalue weighted by Gasteiger charge is -2.16. The Balaban J connectivity index is 1.91. The molecule has 1 aromatic carbocycles. The van der Waals surface area contributed by atoms with Crippen LogP contribution in [0.4, 0.5) is 13.2 Å². The van der Waals surface area contributed by atoms with Crippen LogP contribution in [0.3, 0.4) is 0 Å². The van der Waals surface area contributed by atoms with Gasteiger partial charge < -0.3 is 15.7 Å². The second-order valence-electron chi connectivity index (χ2n) is 5.43. The van der Waals surface area contributed by atoms with Crippen LogP contribution in [0.25, 0.3) is 0 Å². The van der Waals surface area contributed by atoms with Gasteiger partial charge in [-0.3, -0.25) is 14.4 Å². The molecule has 1 atom stereocenters. The molecule has 1 aromatic heterocycles. The molecule has 27 heavy (non-hydrogen) atoms. The van der Waals surface area contributed by atoms with E-state index in [2.05, 4.69) is 10.6 Å². The van der Waals surface area contributed by atoms with E-state index in [9.17, 15) is 32.7 Å². The van der Waals surface area contributed by atoms with Gasteiger partial charge in [-0.05, 0) is 29.1 Å². The molecule has 0 saturated carbocycles. The highest BCUT2D eigenvalue weighted by Crippen LogP contribution is 2.29. The van der Waals surface area contributed by atoms with Crippen LogP contribution in [-0.4, -0.2) is 35.4 Å². The molecule has 0 aliphatic heterocycles. The van der Waals surface area contributed by atoms with Crippen molar-refractivity contribution in [1.29, 1.82) is 0 Å². The van der Waals surface area contributed by atoms with Gasteiger partial charge in [-0.15, -0.1) is 11.3 Å². The average Bonchev–Trinajstić information content (AvgIpc) is 3.17. The molecule has 6 nitrogen and oxygen atoms in total. The Bertz CT molecular complexity index is 805. The van der Waals surface area contributed by atoms with E-state index in [1.165, 1.54) is 18.2 Å². The van der Waals surface area contributed by atoms with Crippen molar-refractivity contribution in [3.8, 4) is 0 Å². The monoisotopic (exact) mass is 400 g/mol. The Hall–Kier alpha value is -2.72. The predicted molar refractivity (Wildman–Crippen MR) is 91.0 cm³/mol. The first-order valence-corrected chi connectivity index (χ1v) is 8.53. The van der Waals surface area contributed by atoms with Crippen LogP contribution < -0.4 is 10.6 Å². The van der Waals surface area contributed by atoms with Crippen molar-refractivity contribution in [3.63, 3.8) is 0 Å². The van der Waals surface area contributed by atoms with Crippen molar-refractivity contribution in [3.05, 3.63) is 57.8 Å². The van der Waals surface area contributed by atoms with Crippen molar-refractivity contribution in [2.24, 2.45) is 0 Å². The quantitative estimate of drug-likeness (QED) is 0.487. The second kappa shape index (κ2) is 8.78. The lowest BCUT2D eigenvalue weighted by molar-refractivity contribution is -0.137. The first kappa shape index (κ1) is 20.6. The van der Waals surface area contributed by atoms with Crippen LogP contribution in [0, 0.1) is 0 Å². The molecule has 10 heteroatoms. The first-order valence-electron chi connectivity index (χ1n) is 7.65. The fraction of sp³-hybridized carbons (Fsp3) is 0.235. The maximum absolute atomic E-state index is 12.5. The van der Waals surface area contributed by atoms with Gasteiger partial charge in [0.2, 0.25) is 5.91 Å². The maximum atomic E-state index is 12.5. The number of thiophene rings is 1. The number of Topliss-reactive ketones (excluding diaryl/α,β-unsaturated/α-hetero) is 1. The van der Waals surface area contributed by atoms with Gasteiger partial charge >= 0.3 is 6.18 Å². The third-order valence-corrected chi connectivity index (χ3v) is 4.37. The lowest BCUT2D eigenvalue weighted by Crippen LogP contribution is -2.50. The van der Waals surface area contributed by atoms with Crippen LogP contribution >= 0.6 is 11.3 Å². The van der Waals surface area contributed by atoms with Gasteiger partial charge in [-0.2, -0.15) is 13.2 Å². The summed E-state index contributed by atoms with van der Waals surface area (Å²) in [5.41, 5.74) is -0.417. The summed E-state index contributed by atoms with van der Waals surface area (Å²) in [5.74, 6) is -2.65. The molecule has 1 heterocycles. The van der Waals surface area contributed by atoms with E-state index in [1.807, 2.05) is 0 Å². The second-order valence-corrected chi connectivity index (χ2v) is 6.38. The number of benzene rings is 1. The van der Waals surface area contributed by atoms with Crippen LogP contribution in [0.5, 0.6) is 0 Å². The molecule has 2 rings (SSSR count). The Labute approximate surface area is 156 Å². The summed E-state index contributed by atoms with van der Waals surface area (Å²) < 4.78 is 37.5. The zero-order valence-corrected chi connectivity index (χ0v) is 14.6. The summed E-state index contributed by atoms with van der Waals surface area (Å²) in [7, 11) is 0. The standard InChI is InChI=1S/C17H15F3N2O4S/c18-17(19,20)11-5-3-10(4-6-11)8-21-15(25)12(9-23)22-16(26)14(24)13-2-1-7-27-13/h1-7,12,23H,8-9H2,(H,21,25)(H,22,26). The number of aliphatic hydroxyl groups excluding tert-OH is 1. The molecule has 0 aliphatic rings. The van der Waals surface area contributed by atoms with Crippen molar-refractivity contribution in [2.45, 2.75) is 18.8 Å². The highest BCUT2D eigenvalue weighted by atomic mass is 32.1. The Morgan fingerprint density at radius 2 is 1.78 bits per heavy atom. The van der Waals surface area contributed by atoms with E-state index in [0.29, 0.717) is 5.56 Å². The number of halogens is 3. The van der Waals surface area contributed by atoms with Crippen LogP contribution in [0.1, 0.15) is 20.8 Å². The van der Waals surface area contributed by atoms with Crippen molar-refractivity contribution in [1.82, 2.24) is 10.6 Å². The number of amides is 2. The van der Waals surface area contributed by atoms with Crippen LogP contribution in [-0.2, 0) is 22.3 Å². The van der Waals surface area contributed by atoms with Gasteiger partial charge in [0, 0.05) is 6.54 Å². The Morgan fingerprint density at radius 3 is 2.30 bits per heavy atom. The Kier molecular flexibility index (Phi) is 6.70. The van der Waals surface area contributed by atoms with Gasteiger partial charge in [0.1, 0.15) is 6.04 Å². The topological polar surface area (TPSA) is 95.5 Å². The van der Waals surface area contributed by atoms with Gasteiger partial charge in [-0.1, -0.05) is 18.2 Å². The SMILES string of the molecule is O=C(NC(CO)C(=O)NCc1ccc(C(F)(F)F)cc1)C(=O)c1cccs1. The third-order valence-electron chi connectivity index (χ3n) is 3.50. The number of hydrogen-bond acceptors (Lipinski definition) is 5. The molecule has 3 N–H and O–H groups in total.